The lowest BCUT2D eigenvalue weighted by atomic mass is 9.82. The average Bonchev–Trinajstić information content (AvgIpc) is 2.55. The lowest BCUT2D eigenvalue weighted by Gasteiger charge is -2.33. The van der Waals surface area contributed by atoms with E-state index in [2.05, 4.69) is 0 Å². The fourth-order valence-electron chi connectivity index (χ4n) is 3.07. The summed E-state index contributed by atoms with van der Waals surface area (Å²) in [6.07, 6.45) is 0.113. The maximum Gasteiger partial charge on any atom is 0.249 e. The van der Waals surface area contributed by atoms with Crippen molar-refractivity contribution in [3.05, 3.63) is 80.9 Å². The molecule has 0 aliphatic carbocycles. The highest BCUT2D eigenvalue weighted by Crippen LogP contribution is 2.39. The van der Waals surface area contributed by atoms with Crippen LogP contribution in [0.3, 0.4) is 0 Å². The largest absolute Gasteiger partial charge is 0.366 e. The number of hydrogen-bond acceptors (Lipinski definition) is 3. The maximum atomic E-state index is 11.7. The molecule has 0 spiro atoms. The van der Waals surface area contributed by atoms with Crippen LogP contribution in [0.2, 0.25) is 5.02 Å². The summed E-state index contributed by atoms with van der Waals surface area (Å²) in [5.41, 5.74) is 1.79. The van der Waals surface area contributed by atoms with Crippen molar-refractivity contribution in [3.8, 4) is 0 Å². The molecule has 1 heterocycles. The van der Waals surface area contributed by atoms with E-state index in [1.54, 1.807) is 12.1 Å². The minimum Gasteiger partial charge on any atom is -0.366 e. The Morgan fingerprint density at radius 3 is 2.36 bits per heavy atom. The molecule has 22 heavy (non-hydrogen) atoms. The summed E-state index contributed by atoms with van der Waals surface area (Å²) >= 11 is 5.92. The summed E-state index contributed by atoms with van der Waals surface area (Å²) < 4.78 is 5.75. The summed E-state index contributed by atoms with van der Waals surface area (Å²) in [6, 6.07) is 15.9. The van der Waals surface area contributed by atoms with Crippen LogP contribution in [0.25, 0.3) is 0 Å². The van der Waals surface area contributed by atoms with E-state index in [-0.39, 0.29) is 10.8 Å². The van der Waals surface area contributed by atoms with Crippen LogP contribution in [0.15, 0.2) is 54.6 Å². The molecular weight excluding hydrogens is 302 g/mol. The van der Waals surface area contributed by atoms with Crippen LogP contribution >= 0.6 is 11.6 Å². The molecule has 0 N–H and O–H groups in total. The fourth-order valence-corrected chi connectivity index (χ4v) is 3.20. The van der Waals surface area contributed by atoms with Crippen molar-refractivity contribution >= 4 is 11.6 Å². The normalized spacial score (nSPS) is 24.9. The Morgan fingerprint density at radius 1 is 1.05 bits per heavy atom. The lowest BCUT2D eigenvalue weighted by molar-refractivity contribution is -0.546. The molecule has 1 saturated heterocycles. The SMILES string of the molecule is O=[N+]([O-])[C@H]1[C@@H](c2ccc(Cl)cc2)CCO[C@H]1c1ccccc1. The smallest absolute Gasteiger partial charge is 0.249 e. The first-order valence-electron chi connectivity index (χ1n) is 7.22. The van der Waals surface area contributed by atoms with Gasteiger partial charge in [0.1, 0.15) is 0 Å². The van der Waals surface area contributed by atoms with Crippen molar-refractivity contribution in [1.29, 1.82) is 0 Å². The number of benzene rings is 2. The molecule has 0 radical (unpaired) electrons. The summed E-state index contributed by atoms with van der Waals surface area (Å²) in [5.74, 6) is -0.175. The quantitative estimate of drug-likeness (QED) is 0.628. The van der Waals surface area contributed by atoms with Crippen molar-refractivity contribution in [2.24, 2.45) is 0 Å². The third kappa shape index (κ3) is 2.98. The molecule has 3 rings (SSSR count). The highest BCUT2D eigenvalue weighted by Gasteiger charge is 2.44. The molecule has 0 aromatic heterocycles. The Balaban J connectivity index is 1.96. The van der Waals surface area contributed by atoms with E-state index < -0.39 is 12.1 Å². The van der Waals surface area contributed by atoms with E-state index >= 15 is 0 Å². The molecule has 0 amide bonds. The molecule has 0 saturated carbocycles. The predicted molar refractivity (Wildman–Crippen MR) is 84.7 cm³/mol. The van der Waals surface area contributed by atoms with Crippen LogP contribution in [-0.4, -0.2) is 17.6 Å². The first kappa shape index (κ1) is 15.0. The van der Waals surface area contributed by atoms with E-state index in [1.807, 2.05) is 42.5 Å². The topological polar surface area (TPSA) is 52.4 Å². The van der Waals surface area contributed by atoms with E-state index in [0.29, 0.717) is 18.1 Å². The zero-order valence-corrected chi connectivity index (χ0v) is 12.6. The van der Waals surface area contributed by atoms with Crippen molar-refractivity contribution in [2.75, 3.05) is 6.61 Å². The van der Waals surface area contributed by atoms with Crippen molar-refractivity contribution < 1.29 is 9.66 Å². The van der Waals surface area contributed by atoms with Gasteiger partial charge in [-0.05, 0) is 29.7 Å². The van der Waals surface area contributed by atoms with Crippen LogP contribution in [0.4, 0.5) is 0 Å². The molecule has 114 valence electrons. The number of rotatable bonds is 3. The molecular formula is C17H16ClNO3. The molecule has 3 atom stereocenters. The lowest BCUT2D eigenvalue weighted by Crippen LogP contribution is -2.39. The highest BCUT2D eigenvalue weighted by atomic mass is 35.5. The van der Waals surface area contributed by atoms with Gasteiger partial charge in [-0.2, -0.15) is 0 Å². The summed E-state index contributed by atoms with van der Waals surface area (Å²) in [5, 5.41) is 12.3. The van der Waals surface area contributed by atoms with Crippen molar-refractivity contribution in [3.63, 3.8) is 0 Å². The number of ether oxygens (including phenoxy) is 1. The number of halogens is 1. The fraction of sp³-hybridized carbons (Fsp3) is 0.294. The van der Waals surface area contributed by atoms with Crippen LogP contribution in [-0.2, 0) is 4.74 Å². The van der Waals surface area contributed by atoms with Gasteiger partial charge in [0.05, 0.1) is 5.92 Å². The van der Waals surface area contributed by atoms with Gasteiger partial charge in [-0.1, -0.05) is 54.1 Å². The molecule has 0 bridgehead atoms. The minimum absolute atomic E-state index is 0.175. The summed E-state index contributed by atoms with van der Waals surface area (Å²) in [6.45, 7) is 0.511. The molecule has 5 heteroatoms. The average molecular weight is 318 g/mol. The molecule has 2 aromatic rings. The number of nitrogens with zero attached hydrogens (tertiary/aromatic N) is 1. The van der Waals surface area contributed by atoms with Crippen molar-refractivity contribution in [2.45, 2.75) is 24.5 Å². The van der Waals surface area contributed by atoms with Gasteiger partial charge < -0.3 is 4.74 Å². The Kier molecular flexibility index (Phi) is 4.41. The number of nitro groups is 1. The zero-order chi connectivity index (χ0) is 15.5. The Hall–Kier alpha value is -1.91. The van der Waals surface area contributed by atoms with Crippen molar-refractivity contribution in [1.82, 2.24) is 0 Å². The third-order valence-corrected chi connectivity index (χ3v) is 4.37. The Labute approximate surface area is 133 Å². The molecule has 1 fully saturated rings. The van der Waals surface area contributed by atoms with Gasteiger partial charge in [0.15, 0.2) is 6.10 Å². The van der Waals surface area contributed by atoms with Crippen LogP contribution in [0, 0.1) is 10.1 Å². The molecule has 2 aromatic carbocycles. The van der Waals surface area contributed by atoms with Crippen LogP contribution in [0.1, 0.15) is 29.6 Å². The second kappa shape index (κ2) is 6.46. The molecule has 1 aliphatic rings. The molecule has 0 unspecified atom stereocenters. The number of hydrogen-bond donors (Lipinski definition) is 0. The van der Waals surface area contributed by atoms with Crippen LogP contribution < -0.4 is 0 Å². The van der Waals surface area contributed by atoms with Gasteiger partial charge in [0.2, 0.25) is 6.04 Å². The summed E-state index contributed by atoms with van der Waals surface area (Å²) in [7, 11) is 0. The van der Waals surface area contributed by atoms with Gasteiger partial charge in [-0.15, -0.1) is 0 Å². The van der Waals surface area contributed by atoms with Gasteiger partial charge >= 0.3 is 0 Å². The highest BCUT2D eigenvalue weighted by molar-refractivity contribution is 6.30. The summed E-state index contributed by atoms with van der Waals surface area (Å²) in [4.78, 5) is 11.5. The predicted octanol–water partition coefficient (Wildman–Crippen LogP) is 4.23. The molecule has 4 nitrogen and oxygen atoms in total. The van der Waals surface area contributed by atoms with E-state index in [0.717, 1.165) is 11.1 Å². The minimum atomic E-state index is -0.794. The van der Waals surface area contributed by atoms with Gasteiger partial charge in [0.25, 0.3) is 0 Å². The van der Waals surface area contributed by atoms with Gasteiger partial charge in [-0.25, -0.2) is 0 Å². The Morgan fingerprint density at radius 2 is 1.73 bits per heavy atom. The second-order valence-electron chi connectivity index (χ2n) is 5.42. The monoisotopic (exact) mass is 317 g/mol. The van der Waals surface area contributed by atoms with E-state index in [9.17, 15) is 10.1 Å². The maximum absolute atomic E-state index is 11.7. The third-order valence-electron chi connectivity index (χ3n) is 4.12. The van der Waals surface area contributed by atoms with Crippen LogP contribution in [0.5, 0.6) is 0 Å². The Bertz CT molecular complexity index is 645. The first-order chi connectivity index (χ1) is 10.7. The van der Waals surface area contributed by atoms with E-state index in [4.69, 9.17) is 16.3 Å². The van der Waals surface area contributed by atoms with Gasteiger partial charge in [-0.3, -0.25) is 10.1 Å². The molecule has 1 aliphatic heterocycles. The van der Waals surface area contributed by atoms with E-state index in [1.165, 1.54) is 0 Å². The zero-order valence-electron chi connectivity index (χ0n) is 11.9. The first-order valence-corrected chi connectivity index (χ1v) is 7.60. The van der Waals surface area contributed by atoms with Gasteiger partial charge in [0, 0.05) is 16.6 Å². The standard InChI is InChI=1S/C17H16ClNO3/c18-14-8-6-12(7-9-14)15-10-11-22-17(16(15)19(20)21)13-4-2-1-3-5-13/h1-9,15-17H,10-11H2/t15-,16+,17+/m1/s1. The second-order valence-corrected chi connectivity index (χ2v) is 5.86.